The van der Waals surface area contributed by atoms with Crippen LogP contribution in [0, 0.1) is 0 Å². The lowest BCUT2D eigenvalue weighted by Gasteiger charge is -2.11. The molecule has 0 aliphatic heterocycles. The number of ether oxygens (including phenoxy) is 2. The zero-order chi connectivity index (χ0) is 15.8. The number of esters is 1. The van der Waals surface area contributed by atoms with Crippen LogP contribution in [0.5, 0.6) is 5.75 Å². The van der Waals surface area contributed by atoms with Crippen molar-refractivity contribution in [3.8, 4) is 5.75 Å². The average molecular weight is 298 g/mol. The molecule has 0 saturated carbocycles. The number of carbonyl (C=O) groups excluding carboxylic acids is 2. The topological polar surface area (TPSA) is 52.6 Å². The quantitative estimate of drug-likeness (QED) is 0.582. The maximum absolute atomic E-state index is 11.3. The molecule has 114 valence electrons. The van der Waals surface area contributed by atoms with Crippen LogP contribution in [0.1, 0.15) is 23.5 Å². The first-order valence-electron chi connectivity index (χ1n) is 7.01. The van der Waals surface area contributed by atoms with Gasteiger partial charge in [-0.05, 0) is 23.3 Å². The average Bonchev–Trinajstić information content (AvgIpc) is 2.59. The molecule has 1 unspecified atom stereocenters. The highest BCUT2D eigenvalue weighted by Crippen LogP contribution is 2.22. The monoisotopic (exact) mass is 298 g/mol. The number of aldehydes is 1. The number of hydrogen-bond donors (Lipinski definition) is 0. The van der Waals surface area contributed by atoms with E-state index in [0.29, 0.717) is 6.61 Å². The van der Waals surface area contributed by atoms with Gasteiger partial charge in [-0.15, -0.1) is 0 Å². The Labute approximate surface area is 129 Å². The van der Waals surface area contributed by atoms with E-state index >= 15 is 0 Å². The standard InChI is InChI=1S/C18H18O4/c1-21-18(20)11-16(12-19)15-7-9-17(10-8-15)22-13-14-5-3-2-4-6-14/h2-10,12,16H,11,13H2,1H3. The molecular weight excluding hydrogens is 280 g/mol. The van der Waals surface area contributed by atoms with Crippen molar-refractivity contribution in [1.29, 1.82) is 0 Å². The molecule has 0 amide bonds. The predicted molar refractivity (Wildman–Crippen MR) is 82.7 cm³/mol. The molecular formula is C18H18O4. The summed E-state index contributed by atoms with van der Waals surface area (Å²) in [4.78, 5) is 22.4. The summed E-state index contributed by atoms with van der Waals surface area (Å²) in [6.45, 7) is 0.486. The largest absolute Gasteiger partial charge is 0.489 e. The molecule has 0 N–H and O–H groups in total. The molecule has 22 heavy (non-hydrogen) atoms. The van der Waals surface area contributed by atoms with Gasteiger partial charge in [-0.25, -0.2) is 0 Å². The summed E-state index contributed by atoms with van der Waals surface area (Å²) in [5, 5.41) is 0. The van der Waals surface area contributed by atoms with Crippen molar-refractivity contribution in [3.05, 3.63) is 65.7 Å². The number of hydrogen-bond acceptors (Lipinski definition) is 4. The normalized spacial score (nSPS) is 11.5. The fourth-order valence-corrected chi connectivity index (χ4v) is 2.06. The van der Waals surface area contributed by atoms with Crippen molar-refractivity contribution < 1.29 is 19.1 Å². The van der Waals surface area contributed by atoms with Crippen molar-refractivity contribution in [2.24, 2.45) is 0 Å². The molecule has 0 fully saturated rings. The Morgan fingerprint density at radius 2 is 1.77 bits per heavy atom. The van der Waals surface area contributed by atoms with Gasteiger partial charge in [-0.3, -0.25) is 4.79 Å². The summed E-state index contributed by atoms with van der Waals surface area (Å²) in [5.74, 6) is -0.174. The van der Waals surface area contributed by atoms with Crippen LogP contribution in [-0.2, 0) is 20.9 Å². The van der Waals surface area contributed by atoms with Crippen molar-refractivity contribution in [2.75, 3.05) is 7.11 Å². The van der Waals surface area contributed by atoms with Crippen LogP contribution in [0.2, 0.25) is 0 Å². The summed E-state index contributed by atoms with van der Waals surface area (Å²) in [6.07, 6.45) is 0.807. The Hall–Kier alpha value is -2.62. The molecule has 0 spiro atoms. The van der Waals surface area contributed by atoms with Crippen molar-refractivity contribution in [1.82, 2.24) is 0 Å². The summed E-state index contributed by atoms with van der Waals surface area (Å²) in [5.41, 5.74) is 1.86. The predicted octanol–water partition coefficient (Wildman–Crippen LogP) is 3.11. The van der Waals surface area contributed by atoms with Crippen LogP contribution in [0.4, 0.5) is 0 Å². The maximum Gasteiger partial charge on any atom is 0.306 e. The van der Waals surface area contributed by atoms with Crippen LogP contribution in [0.3, 0.4) is 0 Å². The van der Waals surface area contributed by atoms with E-state index in [4.69, 9.17) is 4.74 Å². The van der Waals surface area contributed by atoms with Crippen LogP contribution in [0.15, 0.2) is 54.6 Å². The fraction of sp³-hybridized carbons (Fsp3) is 0.222. The molecule has 2 aromatic rings. The zero-order valence-electron chi connectivity index (χ0n) is 12.4. The Morgan fingerprint density at radius 3 is 2.36 bits per heavy atom. The number of methoxy groups -OCH3 is 1. The zero-order valence-corrected chi connectivity index (χ0v) is 12.4. The van der Waals surface area contributed by atoms with Gasteiger partial charge in [0.25, 0.3) is 0 Å². The van der Waals surface area contributed by atoms with E-state index in [1.807, 2.05) is 30.3 Å². The number of carbonyl (C=O) groups is 2. The molecule has 0 aliphatic carbocycles. The summed E-state index contributed by atoms with van der Waals surface area (Å²) in [7, 11) is 1.31. The van der Waals surface area contributed by atoms with E-state index in [0.717, 1.165) is 23.2 Å². The molecule has 0 aromatic heterocycles. The van der Waals surface area contributed by atoms with E-state index in [2.05, 4.69) is 4.74 Å². The number of benzene rings is 2. The third-order valence-electron chi connectivity index (χ3n) is 3.34. The van der Waals surface area contributed by atoms with Gasteiger partial charge in [0.15, 0.2) is 0 Å². The van der Waals surface area contributed by atoms with E-state index in [9.17, 15) is 9.59 Å². The SMILES string of the molecule is COC(=O)CC(C=O)c1ccc(OCc2ccccc2)cc1. The first-order valence-corrected chi connectivity index (χ1v) is 7.01. The highest BCUT2D eigenvalue weighted by molar-refractivity contribution is 5.76. The minimum absolute atomic E-state index is 0.0459. The van der Waals surface area contributed by atoms with Crippen molar-refractivity contribution in [3.63, 3.8) is 0 Å². The van der Waals surface area contributed by atoms with E-state index in [1.54, 1.807) is 24.3 Å². The summed E-state index contributed by atoms with van der Waals surface area (Å²) in [6, 6.07) is 17.1. The van der Waals surface area contributed by atoms with Gasteiger partial charge in [-0.2, -0.15) is 0 Å². The third kappa shape index (κ3) is 4.45. The minimum Gasteiger partial charge on any atom is -0.489 e. The van der Waals surface area contributed by atoms with Crippen LogP contribution in [0.25, 0.3) is 0 Å². The van der Waals surface area contributed by atoms with Gasteiger partial charge >= 0.3 is 5.97 Å². The maximum atomic E-state index is 11.3. The van der Waals surface area contributed by atoms with E-state index in [1.165, 1.54) is 7.11 Å². The first-order chi connectivity index (χ1) is 10.7. The highest BCUT2D eigenvalue weighted by Gasteiger charge is 2.15. The van der Waals surface area contributed by atoms with Gasteiger partial charge < -0.3 is 14.3 Å². The van der Waals surface area contributed by atoms with Gasteiger partial charge in [0.2, 0.25) is 0 Å². The first kappa shape index (κ1) is 15.8. The molecule has 0 bridgehead atoms. The molecule has 0 heterocycles. The van der Waals surface area contributed by atoms with Gasteiger partial charge in [0.05, 0.1) is 19.4 Å². The van der Waals surface area contributed by atoms with Gasteiger partial charge in [0.1, 0.15) is 18.6 Å². The minimum atomic E-state index is -0.490. The second-order valence-corrected chi connectivity index (χ2v) is 4.87. The smallest absolute Gasteiger partial charge is 0.306 e. The Kier molecular flexibility index (Phi) is 5.72. The van der Waals surface area contributed by atoms with Crippen LogP contribution >= 0.6 is 0 Å². The molecule has 2 rings (SSSR count). The van der Waals surface area contributed by atoms with Gasteiger partial charge in [-0.1, -0.05) is 42.5 Å². The molecule has 0 radical (unpaired) electrons. The van der Waals surface area contributed by atoms with Gasteiger partial charge in [0, 0.05) is 0 Å². The van der Waals surface area contributed by atoms with E-state index in [-0.39, 0.29) is 6.42 Å². The highest BCUT2D eigenvalue weighted by atomic mass is 16.5. The summed E-state index contributed by atoms with van der Waals surface area (Å²) < 4.78 is 10.3. The lowest BCUT2D eigenvalue weighted by molar-refractivity contribution is -0.141. The fourth-order valence-electron chi connectivity index (χ4n) is 2.06. The van der Waals surface area contributed by atoms with Crippen molar-refractivity contribution in [2.45, 2.75) is 18.9 Å². The van der Waals surface area contributed by atoms with Crippen LogP contribution in [-0.4, -0.2) is 19.4 Å². The molecule has 0 aliphatic rings. The third-order valence-corrected chi connectivity index (χ3v) is 3.34. The lowest BCUT2D eigenvalue weighted by Crippen LogP contribution is -2.09. The summed E-state index contributed by atoms with van der Waals surface area (Å²) >= 11 is 0. The molecule has 4 nitrogen and oxygen atoms in total. The lowest BCUT2D eigenvalue weighted by atomic mass is 9.97. The molecule has 0 saturated heterocycles. The molecule has 4 heteroatoms. The number of rotatable bonds is 7. The second kappa shape index (κ2) is 7.98. The van der Waals surface area contributed by atoms with Crippen molar-refractivity contribution >= 4 is 12.3 Å². The Morgan fingerprint density at radius 1 is 1.09 bits per heavy atom. The Balaban J connectivity index is 1.97. The Bertz CT molecular complexity index is 605. The molecule has 1 atom stereocenters. The van der Waals surface area contributed by atoms with Crippen LogP contribution < -0.4 is 4.74 Å². The second-order valence-electron chi connectivity index (χ2n) is 4.87. The van der Waals surface area contributed by atoms with E-state index < -0.39 is 11.9 Å². The molecule has 2 aromatic carbocycles.